The van der Waals surface area contributed by atoms with Gasteiger partial charge in [0.15, 0.2) is 0 Å². The fourth-order valence-electron chi connectivity index (χ4n) is 1.31. The third-order valence-corrected chi connectivity index (χ3v) is 3.89. The standard InChI is InChI=1S/C15H18O4Te/c1-5-11-6-8-12(9-7-11)14(17)19-20-10-13(16)18-15(2,3)4/h5-9H,1,10H2,2-4H3. The summed E-state index contributed by atoms with van der Waals surface area (Å²) in [6.07, 6.45) is 1.70. The minimum absolute atomic E-state index is 0.179. The summed E-state index contributed by atoms with van der Waals surface area (Å²) in [5.74, 6) is -0.721. The van der Waals surface area contributed by atoms with Gasteiger partial charge in [0.25, 0.3) is 0 Å². The number of rotatable bonds is 5. The van der Waals surface area contributed by atoms with Gasteiger partial charge in [-0.3, -0.25) is 0 Å². The topological polar surface area (TPSA) is 52.6 Å². The minimum atomic E-state index is -1.17. The van der Waals surface area contributed by atoms with Gasteiger partial charge in [-0.15, -0.1) is 0 Å². The van der Waals surface area contributed by atoms with Gasteiger partial charge in [-0.05, 0) is 0 Å². The zero-order valence-electron chi connectivity index (χ0n) is 11.8. The third kappa shape index (κ3) is 6.23. The molecule has 0 aliphatic carbocycles. The van der Waals surface area contributed by atoms with Gasteiger partial charge in [0.05, 0.1) is 0 Å². The van der Waals surface area contributed by atoms with Crippen molar-refractivity contribution < 1.29 is 17.4 Å². The van der Waals surface area contributed by atoms with Gasteiger partial charge >= 0.3 is 130 Å². The maximum atomic E-state index is 11.7. The summed E-state index contributed by atoms with van der Waals surface area (Å²) in [6, 6.07) is 6.94. The molecule has 0 N–H and O–H groups in total. The van der Waals surface area contributed by atoms with Crippen LogP contribution in [0.2, 0.25) is 4.47 Å². The Morgan fingerprint density at radius 1 is 1.25 bits per heavy atom. The molecule has 4 nitrogen and oxygen atoms in total. The summed E-state index contributed by atoms with van der Waals surface area (Å²) in [4.78, 5) is 23.2. The van der Waals surface area contributed by atoms with Gasteiger partial charge in [0.2, 0.25) is 0 Å². The van der Waals surface area contributed by atoms with Crippen molar-refractivity contribution in [3.05, 3.63) is 42.0 Å². The summed E-state index contributed by atoms with van der Waals surface area (Å²) in [5, 5.41) is 0. The zero-order valence-corrected chi connectivity index (χ0v) is 14.2. The molecule has 0 atom stereocenters. The molecule has 1 aromatic carbocycles. The zero-order chi connectivity index (χ0) is 15.2. The first kappa shape index (κ1) is 16.7. The molecule has 1 rings (SSSR count). The Labute approximate surface area is 129 Å². The molecule has 0 saturated carbocycles. The quantitative estimate of drug-likeness (QED) is 0.574. The van der Waals surface area contributed by atoms with Crippen LogP contribution in [0.15, 0.2) is 30.8 Å². The van der Waals surface area contributed by atoms with Gasteiger partial charge in [0.1, 0.15) is 0 Å². The average molecular weight is 390 g/mol. The predicted octanol–water partition coefficient (Wildman–Crippen LogP) is 2.87. The van der Waals surface area contributed by atoms with Crippen LogP contribution >= 0.6 is 0 Å². The molecule has 0 heterocycles. The second-order valence-corrected chi connectivity index (χ2v) is 7.02. The molecule has 1 aromatic rings. The number of hydrogen-bond acceptors (Lipinski definition) is 4. The van der Waals surface area contributed by atoms with Crippen molar-refractivity contribution in [3.8, 4) is 0 Å². The van der Waals surface area contributed by atoms with E-state index >= 15 is 0 Å². The molecule has 0 bridgehead atoms. The number of ether oxygens (including phenoxy) is 1. The molecule has 0 radical (unpaired) electrons. The normalized spacial score (nSPS) is 10.8. The van der Waals surface area contributed by atoms with E-state index < -0.39 is 32.9 Å². The predicted molar refractivity (Wildman–Crippen MR) is 78.4 cm³/mol. The van der Waals surface area contributed by atoms with Crippen LogP contribution in [0.1, 0.15) is 36.7 Å². The Kier molecular flexibility index (Phi) is 6.25. The number of benzene rings is 1. The molecule has 0 aliphatic rings. The molecule has 5 heteroatoms. The van der Waals surface area contributed by atoms with Crippen molar-refractivity contribution in [2.75, 3.05) is 0 Å². The van der Waals surface area contributed by atoms with Gasteiger partial charge in [-0.2, -0.15) is 0 Å². The van der Waals surface area contributed by atoms with E-state index in [9.17, 15) is 9.59 Å². The molecule has 108 valence electrons. The number of carbonyl (C=O) groups is 2. The van der Waals surface area contributed by atoms with Crippen LogP contribution in [0.5, 0.6) is 0 Å². The van der Waals surface area contributed by atoms with E-state index in [4.69, 9.17) is 7.84 Å². The number of esters is 1. The van der Waals surface area contributed by atoms with E-state index in [1.807, 2.05) is 0 Å². The maximum absolute atomic E-state index is 11.7. The van der Waals surface area contributed by atoms with Crippen LogP contribution < -0.4 is 0 Å². The molecule has 0 fully saturated rings. The van der Waals surface area contributed by atoms with E-state index in [1.54, 1.807) is 51.1 Å². The van der Waals surface area contributed by atoms with Crippen LogP contribution in [0.25, 0.3) is 6.08 Å². The van der Waals surface area contributed by atoms with E-state index in [2.05, 4.69) is 6.58 Å². The Balaban J connectivity index is 2.39. The van der Waals surface area contributed by atoms with Crippen molar-refractivity contribution in [2.45, 2.75) is 30.8 Å². The molecule has 0 amide bonds. The fraction of sp³-hybridized carbons (Fsp3) is 0.333. The van der Waals surface area contributed by atoms with Crippen LogP contribution in [0.3, 0.4) is 0 Å². The van der Waals surface area contributed by atoms with Crippen molar-refractivity contribution in [1.82, 2.24) is 0 Å². The van der Waals surface area contributed by atoms with Crippen molar-refractivity contribution in [3.63, 3.8) is 0 Å². The van der Waals surface area contributed by atoms with Gasteiger partial charge in [0, 0.05) is 0 Å². The van der Waals surface area contributed by atoms with Gasteiger partial charge in [-0.1, -0.05) is 0 Å². The first-order valence-electron chi connectivity index (χ1n) is 6.10. The van der Waals surface area contributed by atoms with E-state index in [-0.39, 0.29) is 10.4 Å². The molecule has 0 aromatic heterocycles. The van der Waals surface area contributed by atoms with E-state index in [0.29, 0.717) is 5.56 Å². The Morgan fingerprint density at radius 3 is 2.35 bits per heavy atom. The Morgan fingerprint density at radius 2 is 1.85 bits per heavy atom. The summed E-state index contributed by atoms with van der Waals surface area (Å²) in [6.45, 7) is 9.06. The van der Waals surface area contributed by atoms with Crippen LogP contribution in [-0.2, 0) is 12.6 Å². The van der Waals surface area contributed by atoms with Crippen LogP contribution in [0.4, 0.5) is 0 Å². The second-order valence-electron chi connectivity index (χ2n) is 5.05. The van der Waals surface area contributed by atoms with Crippen LogP contribution in [-0.4, -0.2) is 38.9 Å². The SMILES string of the molecule is C=Cc1ccc(C(=O)O[Te]CC(=O)OC(C)(C)C)cc1. The Bertz CT molecular complexity index is 486. The molecule has 0 aliphatic heterocycles. The fourth-order valence-corrected chi connectivity index (χ4v) is 2.50. The van der Waals surface area contributed by atoms with Crippen LogP contribution in [0, 0.1) is 0 Å². The number of hydrogen-bond donors (Lipinski definition) is 0. The summed E-state index contributed by atoms with van der Waals surface area (Å²) < 4.78 is 10.5. The van der Waals surface area contributed by atoms with Crippen molar-refractivity contribution in [1.29, 1.82) is 0 Å². The summed E-state index contributed by atoms with van der Waals surface area (Å²) in [7, 11) is 0. The molecule has 0 saturated heterocycles. The Hall–Kier alpha value is -1.31. The van der Waals surface area contributed by atoms with Gasteiger partial charge < -0.3 is 0 Å². The molecule has 0 spiro atoms. The molecule has 0 unspecified atom stereocenters. The first-order valence-corrected chi connectivity index (χ1v) is 8.70. The monoisotopic (exact) mass is 392 g/mol. The average Bonchev–Trinajstić information content (AvgIpc) is 2.36. The molecule has 20 heavy (non-hydrogen) atoms. The van der Waals surface area contributed by atoms with E-state index in [1.165, 1.54) is 0 Å². The molecular formula is C15H18O4Te. The first-order chi connectivity index (χ1) is 9.31. The van der Waals surface area contributed by atoms with Crippen molar-refractivity contribution >= 4 is 39.3 Å². The molecular weight excluding hydrogens is 372 g/mol. The summed E-state index contributed by atoms with van der Waals surface area (Å²) in [5.41, 5.74) is 0.908. The second kappa shape index (κ2) is 7.47. The van der Waals surface area contributed by atoms with Crippen molar-refractivity contribution in [2.24, 2.45) is 0 Å². The van der Waals surface area contributed by atoms with E-state index in [0.717, 1.165) is 5.56 Å². The third-order valence-electron chi connectivity index (χ3n) is 2.11. The number of carbonyl (C=O) groups excluding carboxylic acids is 2. The summed E-state index contributed by atoms with van der Waals surface area (Å²) >= 11 is -1.17. The van der Waals surface area contributed by atoms with Gasteiger partial charge in [-0.25, -0.2) is 0 Å².